The van der Waals surface area contributed by atoms with Gasteiger partial charge in [0, 0.05) is 12.7 Å². The van der Waals surface area contributed by atoms with E-state index in [2.05, 4.69) is 30.2 Å². The molecule has 0 bridgehead atoms. The fourth-order valence-electron chi connectivity index (χ4n) is 2.00. The van der Waals surface area contributed by atoms with E-state index in [1.807, 2.05) is 37.5 Å². The van der Waals surface area contributed by atoms with Crippen molar-refractivity contribution in [1.29, 1.82) is 0 Å². The topological polar surface area (TPSA) is 34.2 Å². The van der Waals surface area contributed by atoms with Gasteiger partial charge in [-0.05, 0) is 36.2 Å². The second kappa shape index (κ2) is 6.34. The highest BCUT2D eigenvalue weighted by Gasteiger charge is 2.08. The van der Waals surface area contributed by atoms with Crippen LogP contribution in [0.2, 0.25) is 0 Å². The average Bonchev–Trinajstić information content (AvgIpc) is 2.40. The summed E-state index contributed by atoms with van der Waals surface area (Å²) in [6.07, 6.45) is 3.59. The van der Waals surface area contributed by atoms with Gasteiger partial charge in [0.25, 0.3) is 0 Å². The smallest absolute Gasteiger partial charge is 0.146 e. The van der Waals surface area contributed by atoms with Crippen LogP contribution in [0.5, 0.6) is 11.5 Å². The van der Waals surface area contributed by atoms with Gasteiger partial charge in [0.2, 0.25) is 0 Å². The monoisotopic (exact) mass is 256 g/mol. The number of pyridine rings is 1. The molecule has 3 nitrogen and oxygen atoms in total. The molecule has 0 atom stereocenters. The van der Waals surface area contributed by atoms with Crippen LogP contribution in [-0.4, -0.2) is 12.0 Å². The molecule has 0 saturated heterocycles. The zero-order valence-corrected chi connectivity index (χ0v) is 11.7. The number of hydrogen-bond donors (Lipinski definition) is 1. The van der Waals surface area contributed by atoms with Crippen molar-refractivity contribution in [2.75, 3.05) is 7.05 Å². The van der Waals surface area contributed by atoms with Gasteiger partial charge in [-0.3, -0.25) is 4.98 Å². The molecular weight excluding hydrogens is 236 g/mol. The van der Waals surface area contributed by atoms with Gasteiger partial charge in [0.15, 0.2) is 0 Å². The first-order valence-corrected chi connectivity index (χ1v) is 6.56. The van der Waals surface area contributed by atoms with E-state index >= 15 is 0 Å². The molecule has 1 aromatic heterocycles. The largest absolute Gasteiger partial charge is 0.455 e. The van der Waals surface area contributed by atoms with Crippen molar-refractivity contribution in [2.45, 2.75) is 26.3 Å². The highest BCUT2D eigenvalue weighted by Crippen LogP contribution is 2.30. The fourth-order valence-corrected chi connectivity index (χ4v) is 2.00. The van der Waals surface area contributed by atoms with Crippen molar-refractivity contribution in [3.63, 3.8) is 0 Å². The SMILES string of the molecule is CNCc1cncc(Oc2ccccc2C(C)C)c1. The first-order chi connectivity index (χ1) is 9.20. The summed E-state index contributed by atoms with van der Waals surface area (Å²) in [7, 11) is 1.92. The molecule has 0 aliphatic carbocycles. The first-order valence-electron chi connectivity index (χ1n) is 6.56. The Labute approximate surface area is 114 Å². The van der Waals surface area contributed by atoms with Crippen molar-refractivity contribution in [2.24, 2.45) is 0 Å². The van der Waals surface area contributed by atoms with E-state index in [-0.39, 0.29) is 0 Å². The molecule has 1 heterocycles. The maximum Gasteiger partial charge on any atom is 0.146 e. The molecule has 0 aliphatic heterocycles. The Morgan fingerprint density at radius 2 is 2.00 bits per heavy atom. The van der Waals surface area contributed by atoms with Crippen LogP contribution in [0, 0.1) is 0 Å². The highest BCUT2D eigenvalue weighted by atomic mass is 16.5. The van der Waals surface area contributed by atoms with E-state index in [0.717, 1.165) is 23.6 Å². The van der Waals surface area contributed by atoms with Gasteiger partial charge in [-0.25, -0.2) is 0 Å². The Balaban J connectivity index is 2.23. The number of aromatic nitrogens is 1. The molecule has 0 radical (unpaired) electrons. The lowest BCUT2D eigenvalue weighted by Gasteiger charge is -2.13. The van der Waals surface area contributed by atoms with Gasteiger partial charge in [0.1, 0.15) is 11.5 Å². The van der Waals surface area contributed by atoms with E-state index in [1.165, 1.54) is 5.56 Å². The number of ether oxygens (including phenoxy) is 1. The van der Waals surface area contributed by atoms with E-state index in [1.54, 1.807) is 6.20 Å². The predicted molar refractivity (Wildman–Crippen MR) is 77.6 cm³/mol. The molecule has 0 spiro atoms. The molecule has 0 aliphatic rings. The third-order valence-electron chi connectivity index (χ3n) is 2.92. The molecule has 2 rings (SSSR count). The maximum atomic E-state index is 5.97. The Morgan fingerprint density at radius 1 is 1.21 bits per heavy atom. The highest BCUT2D eigenvalue weighted by molar-refractivity contribution is 5.39. The number of nitrogens with one attached hydrogen (secondary N) is 1. The first kappa shape index (κ1) is 13.6. The Bertz CT molecular complexity index is 538. The van der Waals surface area contributed by atoms with E-state index < -0.39 is 0 Å². The van der Waals surface area contributed by atoms with Crippen molar-refractivity contribution in [1.82, 2.24) is 10.3 Å². The molecule has 1 N–H and O–H groups in total. The van der Waals surface area contributed by atoms with Gasteiger partial charge in [-0.1, -0.05) is 32.0 Å². The van der Waals surface area contributed by atoms with Gasteiger partial charge in [-0.2, -0.15) is 0 Å². The predicted octanol–water partition coefficient (Wildman–Crippen LogP) is 3.72. The zero-order valence-electron chi connectivity index (χ0n) is 11.7. The number of benzene rings is 1. The van der Waals surface area contributed by atoms with E-state index in [0.29, 0.717) is 5.92 Å². The third-order valence-corrected chi connectivity index (χ3v) is 2.92. The van der Waals surface area contributed by atoms with Gasteiger partial charge >= 0.3 is 0 Å². The lowest BCUT2D eigenvalue weighted by Crippen LogP contribution is -2.05. The fraction of sp³-hybridized carbons (Fsp3) is 0.312. The summed E-state index contributed by atoms with van der Waals surface area (Å²) in [6, 6.07) is 10.1. The van der Waals surface area contributed by atoms with Crippen LogP contribution in [-0.2, 0) is 6.54 Å². The Morgan fingerprint density at radius 3 is 2.74 bits per heavy atom. The van der Waals surface area contributed by atoms with Crippen LogP contribution in [0.3, 0.4) is 0 Å². The zero-order chi connectivity index (χ0) is 13.7. The quantitative estimate of drug-likeness (QED) is 0.885. The van der Waals surface area contributed by atoms with Gasteiger partial charge in [0.05, 0.1) is 6.20 Å². The third kappa shape index (κ3) is 3.55. The van der Waals surface area contributed by atoms with Crippen molar-refractivity contribution in [3.05, 3.63) is 53.9 Å². The summed E-state index contributed by atoms with van der Waals surface area (Å²) in [4.78, 5) is 4.21. The summed E-state index contributed by atoms with van der Waals surface area (Å²) < 4.78 is 5.97. The average molecular weight is 256 g/mol. The minimum atomic E-state index is 0.435. The minimum Gasteiger partial charge on any atom is -0.455 e. The van der Waals surface area contributed by atoms with Crippen LogP contribution in [0.1, 0.15) is 30.9 Å². The second-order valence-corrected chi connectivity index (χ2v) is 4.85. The van der Waals surface area contributed by atoms with Crippen molar-refractivity contribution in [3.8, 4) is 11.5 Å². The molecule has 100 valence electrons. The van der Waals surface area contributed by atoms with Crippen molar-refractivity contribution < 1.29 is 4.74 Å². The molecule has 0 unspecified atom stereocenters. The van der Waals surface area contributed by atoms with Crippen LogP contribution in [0.15, 0.2) is 42.7 Å². The van der Waals surface area contributed by atoms with Gasteiger partial charge < -0.3 is 10.1 Å². The minimum absolute atomic E-state index is 0.435. The van der Waals surface area contributed by atoms with Crippen LogP contribution in [0.25, 0.3) is 0 Å². The normalized spacial score (nSPS) is 10.7. The summed E-state index contributed by atoms with van der Waals surface area (Å²) in [6.45, 7) is 5.12. The summed E-state index contributed by atoms with van der Waals surface area (Å²) in [5.41, 5.74) is 2.32. The molecule has 19 heavy (non-hydrogen) atoms. The lowest BCUT2D eigenvalue weighted by molar-refractivity contribution is 0.470. The number of nitrogens with zero attached hydrogens (tertiary/aromatic N) is 1. The molecule has 1 aromatic carbocycles. The molecule has 2 aromatic rings. The van der Waals surface area contributed by atoms with Crippen molar-refractivity contribution >= 4 is 0 Å². The van der Waals surface area contributed by atoms with Gasteiger partial charge in [-0.15, -0.1) is 0 Å². The molecule has 3 heteroatoms. The Kier molecular flexibility index (Phi) is 4.53. The standard InChI is InChI=1S/C16H20N2O/c1-12(2)15-6-4-5-7-16(15)19-14-8-13(9-17-3)10-18-11-14/h4-8,10-12,17H,9H2,1-3H3. The number of rotatable bonds is 5. The number of para-hydroxylation sites is 1. The van der Waals surface area contributed by atoms with Crippen LogP contribution >= 0.6 is 0 Å². The Hall–Kier alpha value is -1.87. The maximum absolute atomic E-state index is 5.97. The summed E-state index contributed by atoms with van der Waals surface area (Å²) >= 11 is 0. The number of hydrogen-bond acceptors (Lipinski definition) is 3. The second-order valence-electron chi connectivity index (χ2n) is 4.85. The summed E-state index contributed by atoms with van der Waals surface area (Å²) in [5.74, 6) is 2.12. The molecular formula is C16H20N2O. The van der Waals surface area contributed by atoms with Crippen LogP contribution < -0.4 is 10.1 Å². The molecule has 0 fully saturated rings. The molecule has 0 saturated carbocycles. The van der Waals surface area contributed by atoms with E-state index in [9.17, 15) is 0 Å². The van der Waals surface area contributed by atoms with E-state index in [4.69, 9.17) is 4.74 Å². The summed E-state index contributed by atoms with van der Waals surface area (Å²) in [5, 5.41) is 3.11. The lowest BCUT2D eigenvalue weighted by atomic mass is 10.0. The molecule has 0 amide bonds. The van der Waals surface area contributed by atoms with Crippen LogP contribution in [0.4, 0.5) is 0 Å².